The summed E-state index contributed by atoms with van der Waals surface area (Å²) in [7, 11) is -1.77. The van der Waals surface area contributed by atoms with Crippen molar-refractivity contribution in [2.75, 3.05) is 0 Å². The van der Waals surface area contributed by atoms with Crippen LogP contribution in [-0.4, -0.2) is 13.1 Å². The molecule has 0 amide bonds. The summed E-state index contributed by atoms with van der Waals surface area (Å²) in [6.45, 7) is 17.3. The van der Waals surface area contributed by atoms with Crippen LogP contribution >= 0.6 is 11.3 Å². The lowest BCUT2D eigenvalue weighted by molar-refractivity contribution is 0.484. The molecule has 2 aromatic heterocycles. The number of aromatic nitrogens is 1. The van der Waals surface area contributed by atoms with Gasteiger partial charge in [-0.05, 0) is 92.3 Å². The molecule has 1 aliphatic rings. The molecule has 0 aliphatic heterocycles. The summed E-state index contributed by atoms with van der Waals surface area (Å²) in [5.41, 5.74) is 7.94. The summed E-state index contributed by atoms with van der Waals surface area (Å²) in [4.78, 5) is 5.10. The molecule has 3 heteroatoms. The van der Waals surface area contributed by atoms with Gasteiger partial charge in [-0.3, -0.25) is 4.98 Å². The summed E-state index contributed by atoms with van der Waals surface area (Å²) in [6, 6.07) is 16.1. The largest absolute Gasteiger partial charge is 0.255 e. The molecule has 0 radical (unpaired) electrons. The zero-order chi connectivity index (χ0) is 27.0. The van der Waals surface area contributed by atoms with E-state index in [9.17, 15) is 0 Å². The quantitative estimate of drug-likeness (QED) is 0.202. The third kappa shape index (κ3) is 4.48. The third-order valence-corrected chi connectivity index (χ3v) is 19.4. The molecule has 202 valence electrons. The Labute approximate surface area is 236 Å². The molecule has 0 saturated heterocycles. The third-order valence-electron chi connectivity index (χ3n) is 10.0. The van der Waals surface area contributed by atoms with E-state index < -0.39 is 8.07 Å². The molecule has 5 rings (SSSR count). The van der Waals surface area contributed by atoms with E-state index in [-0.39, 0.29) is 0 Å². The van der Waals surface area contributed by atoms with Crippen molar-refractivity contribution >= 4 is 44.8 Å². The Bertz CT molecular complexity index is 1400. The van der Waals surface area contributed by atoms with Gasteiger partial charge in [-0.25, -0.2) is 0 Å². The molecular weight excluding hydrogens is 495 g/mol. The predicted molar refractivity (Wildman–Crippen MR) is 173 cm³/mol. The molecule has 2 heterocycles. The predicted octanol–water partition coefficient (Wildman–Crippen LogP) is 11.1. The zero-order valence-electron chi connectivity index (χ0n) is 24.7. The fraction of sp³-hybridized carbons (Fsp3) is 0.514. The van der Waals surface area contributed by atoms with Gasteiger partial charge < -0.3 is 0 Å². The minimum atomic E-state index is -1.77. The van der Waals surface area contributed by atoms with Gasteiger partial charge in [-0.15, -0.1) is 11.3 Å². The SMILES string of the molecule is CCC(CC)c1cc(-c2nccc3c(C)c([Si](C(C)C)(C(C)C)C4CCCCC4)sc23)cc2ccccc12. The fourth-order valence-electron chi connectivity index (χ4n) is 8.21. The van der Waals surface area contributed by atoms with Gasteiger partial charge in [0.05, 0.1) is 10.4 Å². The van der Waals surface area contributed by atoms with Gasteiger partial charge in [0.2, 0.25) is 0 Å². The van der Waals surface area contributed by atoms with E-state index in [1.54, 1.807) is 10.1 Å². The average molecular weight is 542 g/mol. The first-order valence-electron chi connectivity index (χ1n) is 15.3. The van der Waals surface area contributed by atoms with Crippen molar-refractivity contribution < 1.29 is 0 Å². The van der Waals surface area contributed by atoms with Crippen LogP contribution in [0.5, 0.6) is 0 Å². The molecule has 1 aliphatic carbocycles. The van der Waals surface area contributed by atoms with Crippen LogP contribution in [0.15, 0.2) is 48.7 Å². The van der Waals surface area contributed by atoms with E-state index in [1.807, 2.05) is 0 Å². The molecule has 0 unspecified atom stereocenters. The number of fused-ring (bicyclic) bond motifs is 2. The average Bonchev–Trinajstić information content (AvgIpc) is 3.26. The van der Waals surface area contributed by atoms with E-state index in [0.29, 0.717) is 5.92 Å². The second-order valence-electron chi connectivity index (χ2n) is 12.5. The molecule has 0 N–H and O–H groups in total. The van der Waals surface area contributed by atoms with E-state index in [0.717, 1.165) is 16.6 Å². The van der Waals surface area contributed by atoms with E-state index in [1.165, 1.54) is 82.6 Å². The number of benzene rings is 2. The van der Waals surface area contributed by atoms with Crippen molar-refractivity contribution in [2.45, 2.75) is 116 Å². The Balaban J connectivity index is 1.76. The van der Waals surface area contributed by atoms with Crippen LogP contribution in [0.25, 0.3) is 32.1 Å². The number of nitrogens with zero attached hydrogens (tertiary/aromatic N) is 1. The number of thiophene rings is 1. The van der Waals surface area contributed by atoms with Crippen molar-refractivity contribution in [1.29, 1.82) is 0 Å². The lowest BCUT2D eigenvalue weighted by atomic mass is 9.87. The van der Waals surface area contributed by atoms with Crippen molar-refractivity contribution in [1.82, 2.24) is 4.98 Å². The fourth-order valence-corrected chi connectivity index (χ4v) is 19.0. The van der Waals surface area contributed by atoms with Gasteiger partial charge in [0.25, 0.3) is 0 Å². The highest BCUT2D eigenvalue weighted by molar-refractivity contribution is 7.33. The van der Waals surface area contributed by atoms with Gasteiger partial charge in [-0.2, -0.15) is 0 Å². The monoisotopic (exact) mass is 541 g/mol. The first kappa shape index (κ1) is 27.6. The van der Waals surface area contributed by atoms with E-state index in [2.05, 4.69) is 108 Å². The lowest BCUT2D eigenvalue weighted by Crippen LogP contribution is -2.57. The van der Waals surface area contributed by atoms with E-state index >= 15 is 0 Å². The number of rotatable bonds is 8. The normalized spacial score (nSPS) is 15.5. The lowest BCUT2D eigenvalue weighted by Gasteiger charge is -2.47. The Morgan fingerprint density at radius 2 is 1.58 bits per heavy atom. The Kier molecular flexibility index (Phi) is 8.17. The highest BCUT2D eigenvalue weighted by Gasteiger charge is 2.50. The minimum Gasteiger partial charge on any atom is -0.255 e. The molecule has 0 atom stereocenters. The number of hydrogen-bond acceptors (Lipinski definition) is 2. The smallest absolute Gasteiger partial charge is 0.108 e. The van der Waals surface area contributed by atoms with Crippen LogP contribution < -0.4 is 4.50 Å². The second-order valence-corrected chi connectivity index (χ2v) is 19.3. The van der Waals surface area contributed by atoms with Crippen LogP contribution in [0.2, 0.25) is 16.6 Å². The standard InChI is InChI=1S/C35H47NSSi/c1-8-26(9-2)32-22-28(21-27-15-13-14-18-31(27)32)33-34-30(19-20-36-33)25(7)35(37-34)38(23(3)4,24(5)6)29-16-11-10-12-17-29/h13-15,18-24,26,29H,8-12,16-17H2,1-7H3. The summed E-state index contributed by atoms with van der Waals surface area (Å²) < 4.78 is 3.19. The molecule has 4 aromatic rings. The molecule has 0 spiro atoms. The van der Waals surface area contributed by atoms with Crippen LogP contribution in [0.1, 0.15) is 104 Å². The molecular formula is C35H47NSSi. The summed E-state index contributed by atoms with van der Waals surface area (Å²) >= 11 is 2.13. The Morgan fingerprint density at radius 3 is 2.24 bits per heavy atom. The second kappa shape index (κ2) is 11.3. The summed E-state index contributed by atoms with van der Waals surface area (Å²) in [5.74, 6) is 0.577. The highest BCUT2D eigenvalue weighted by Crippen LogP contribution is 2.51. The van der Waals surface area contributed by atoms with Gasteiger partial charge in [0.15, 0.2) is 0 Å². The van der Waals surface area contributed by atoms with Gasteiger partial charge in [0, 0.05) is 11.8 Å². The minimum absolute atomic E-state index is 0.577. The van der Waals surface area contributed by atoms with E-state index in [4.69, 9.17) is 4.98 Å². The number of hydrogen-bond donors (Lipinski definition) is 0. The molecule has 1 fully saturated rings. The summed E-state index contributed by atoms with van der Waals surface area (Å²) in [5, 5.41) is 4.19. The number of pyridine rings is 1. The Morgan fingerprint density at radius 1 is 0.895 bits per heavy atom. The zero-order valence-corrected chi connectivity index (χ0v) is 26.5. The van der Waals surface area contributed by atoms with Gasteiger partial charge in [0.1, 0.15) is 8.07 Å². The number of aryl methyl sites for hydroxylation is 1. The first-order valence-corrected chi connectivity index (χ1v) is 18.3. The van der Waals surface area contributed by atoms with Crippen molar-refractivity contribution in [2.24, 2.45) is 0 Å². The van der Waals surface area contributed by atoms with Crippen molar-refractivity contribution in [3.63, 3.8) is 0 Å². The molecule has 1 saturated carbocycles. The molecule has 1 nitrogen and oxygen atoms in total. The van der Waals surface area contributed by atoms with Crippen LogP contribution in [0.3, 0.4) is 0 Å². The van der Waals surface area contributed by atoms with Crippen LogP contribution in [0, 0.1) is 6.92 Å². The molecule has 38 heavy (non-hydrogen) atoms. The molecule has 0 bridgehead atoms. The summed E-state index contributed by atoms with van der Waals surface area (Å²) in [6.07, 6.45) is 11.6. The molecule has 2 aromatic carbocycles. The first-order chi connectivity index (χ1) is 18.3. The maximum Gasteiger partial charge on any atom is 0.108 e. The highest BCUT2D eigenvalue weighted by atomic mass is 32.1. The van der Waals surface area contributed by atoms with Crippen molar-refractivity contribution in [3.05, 3.63) is 59.8 Å². The topological polar surface area (TPSA) is 12.9 Å². The van der Waals surface area contributed by atoms with Gasteiger partial charge >= 0.3 is 0 Å². The maximum atomic E-state index is 5.10. The Hall–Kier alpha value is -1.97. The maximum absolute atomic E-state index is 5.10. The van der Waals surface area contributed by atoms with Gasteiger partial charge in [-0.1, -0.05) is 97.9 Å². The van der Waals surface area contributed by atoms with Crippen molar-refractivity contribution in [3.8, 4) is 11.3 Å². The van der Waals surface area contributed by atoms with Crippen LogP contribution in [-0.2, 0) is 0 Å². The van der Waals surface area contributed by atoms with Crippen LogP contribution in [0.4, 0.5) is 0 Å².